The Hall–Kier alpha value is -6.91. The molecule has 1 aromatic heterocycles. The smallest absolute Gasteiger partial charge is 0.408 e. The van der Waals surface area contributed by atoms with Gasteiger partial charge in [-0.2, -0.15) is 5.26 Å². The van der Waals surface area contributed by atoms with E-state index in [9.17, 15) is 29.2 Å². The number of aromatic amines is 1. The number of nitrogens with two attached hydrogens (primary N) is 1. The van der Waals surface area contributed by atoms with Gasteiger partial charge in [0, 0.05) is 30.8 Å². The first kappa shape index (κ1) is 57.4. The van der Waals surface area contributed by atoms with Crippen molar-refractivity contribution in [3.8, 4) is 17.6 Å². The van der Waals surface area contributed by atoms with Crippen LogP contribution in [0, 0.1) is 17.2 Å². The molecule has 0 saturated carbocycles. The van der Waals surface area contributed by atoms with E-state index in [0.717, 1.165) is 21.8 Å². The van der Waals surface area contributed by atoms with Crippen molar-refractivity contribution in [2.75, 3.05) is 27.4 Å². The van der Waals surface area contributed by atoms with Crippen molar-refractivity contribution in [2.24, 2.45) is 11.7 Å². The quantitative estimate of drug-likeness (QED) is 0.0252. The first-order chi connectivity index (χ1) is 36.0. The summed E-state index contributed by atoms with van der Waals surface area (Å²) in [7, 11) is 1.04. The van der Waals surface area contributed by atoms with E-state index in [1.165, 1.54) is 6.20 Å². The van der Waals surface area contributed by atoms with E-state index >= 15 is 0 Å². The molecule has 0 aliphatic carbocycles. The number of primary amides is 1. The van der Waals surface area contributed by atoms with Crippen molar-refractivity contribution in [2.45, 2.75) is 115 Å². The summed E-state index contributed by atoms with van der Waals surface area (Å²) >= 11 is 0. The van der Waals surface area contributed by atoms with E-state index < -0.39 is 79.9 Å². The number of benzene rings is 4. The Bertz CT molecular complexity index is 2730. The first-order valence-electron chi connectivity index (χ1n) is 24.8. The predicted octanol–water partition coefficient (Wildman–Crippen LogP) is 6.84. The number of ether oxygens (including phenoxy) is 5. The third-order valence-electron chi connectivity index (χ3n) is 12.4. The summed E-state index contributed by atoms with van der Waals surface area (Å²) in [6.07, 6.45) is -5.17. The number of carbonyl (C=O) groups excluding carboxylic acids is 3. The lowest BCUT2D eigenvalue weighted by atomic mass is 9.80. The van der Waals surface area contributed by atoms with Crippen LogP contribution in [-0.2, 0) is 44.9 Å². The Kier molecular flexibility index (Phi) is 20.7. The van der Waals surface area contributed by atoms with Crippen LogP contribution in [0.2, 0.25) is 0 Å². The minimum absolute atomic E-state index is 0.0175. The fourth-order valence-electron chi connectivity index (χ4n) is 8.97. The summed E-state index contributed by atoms with van der Waals surface area (Å²) in [4.78, 5) is 70.1. The number of methoxy groups -OCH3 is 2. The lowest BCUT2D eigenvalue weighted by Crippen LogP contribution is -2.54. The average Bonchev–Trinajstić information content (AvgIpc) is 3.71. The molecule has 75 heavy (non-hydrogen) atoms. The number of nitrogens with zero attached hydrogens (tertiary/aromatic N) is 3. The molecule has 3 amide bonds. The summed E-state index contributed by atoms with van der Waals surface area (Å²) in [5.41, 5.74) is 5.69. The van der Waals surface area contributed by atoms with Crippen LogP contribution in [0.1, 0.15) is 82.9 Å². The third-order valence-corrected chi connectivity index (χ3v) is 14.6. The molecule has 5 aromatic rings. The molecular weight excluding hydrogens is 982 g/mol. The molecule has 0 bridgehead atoms. The minimum atomic E-state index is -2.11. The van der Waals surface area contributed by atoms with Crippen LogP contribution >= 0.6 is 8.53 Å². The largest absolute Gasteiger partial charge is 0.497 e. The van der Waals surface area contributed by atoms with E-state index in [4.69, 9.17) is 38.5 Å². The van der Waals surface area contributed by atoms with Gasteiger partial charge in [0.1, 0.15) is 41.4 Å². The summed E-state index contributed by atoms with van der Waals surface area (Å²) < 4.78 is 48.2. The molecule has 5 N–H and O–H groups in total. The summed E-state index contributed by atoms with van der Waals surface area (Å²) in [5, 5.41) is 15.0. The number of H-pyrrole nitrogens is 1. The Balaban J connectivity index is 1.48. The molecule has 0 radical (unpaired) electrons. The number of nitrogens with one attached hydrogen (secondary N) is 3. The van der Waals surface area contributed by atoms with Crippen LogP contribution < -0.4 is 37.1 Å². The fraction of sp³-hybridized carbons (Fsp3) is 0.418. The molecule has 7 atom stereocenters. The molecule has 2 heterocycles. The van der Waals surface area contributed by atoms with Gasteiger partial charge in [-0.3, -0.25) is 23.9 Å². The summed E-state index contributed by atoms with van der Waals surface area (Å²) in [6.45, 7) is 11.2. The van der Waals surface area contributed by atoms with Crippen molar-refractivity contribution in [1.82, 2.24) is 24.9 Å². The molecular formula is C55H68N7O12P. The number of hydrogen-bond donors (Lipinski definition) is 4. The second kappa shape index (κ2) is 27.0. The lowest BCUT2D eigenvalue weighted by molar-refractivity contribution is -0.128. The van der Waals surface area contributed by atoms with E-state index in [1.54, 1.807) is 38.5 Å². The number of carbonyl (C=O) groups is 3. The molecule has 1 unspecified atom stereocenters. The molecule has 20 heteroatoms. The zero-order chi connectivity index (χ0) is 54.2. The van der Waals surface area contributed by atoms with Crippen LogP contribution in [0.4, 0.5) is 4.79 Å². The van der Waals surface area contributed by atoms with Gasteiger partial charge in [-0.25, -0.2) is 14.3 Å². The third kappa shape index (κ3) is 14.7. The van der Waals surface area contributed by atoms with Crippen molar-refractivity contribution < 1.29 is 47.1 Å². The number of aromatic nitrogens is 2. The highest BCUT2D eigenvalue weighted by Crippen LogP contribution is 2.51. The second-order valence-corrected chi connectivity index (χ2v) is 20.3. The number of alkyl carbamates (subject to hydrolysis) is 1. The van der Waals surface area contributed by atoms with E-state index in [-0.39, 0.29) is 50.5 Å². The normalized spacial score (nSPS) is 17.8. The van der Waals surface area contributed by atoms with Crippen molar-refractivity contribution in [1.29, 1.82) is 5.26 Å². The van der Waals surface area contributed by atoms with E-state index in [2.05, 4.69) is 21.7 Å². The SMILES string of the molecule is COc1ccc(C(OC[C@H]2O[C@@H](n3ccc(=O)[nH]c3=O)[C@H](OC(=O)N[C@@H](CC(C)C)C(=O)N[C@@H](Cc3ccccc3)C(N)=O)[C@@H]2OP(OCCC#N)N(C(C)C)C(C)C)(c2ccccc2)c2ccc(OC)cc2)cc1. The Labute approximate surface area is 438 Å². The highest BCUT2D eigenvalue weighted by Gasteiger charge is 2.53. The Morgan fingerprint density at radius 3 is 1.89 bits per heavy atom. The molecule has 6 rings (SSSR count). The maximum absolute atomic E-state index is 14.6. The van der Waals surface area contributed by atoms with Crippen LogP contribution in [0.25, 0.3) is 0 Å². The topological polar surface area (TPSA) is 248 Å². The van der Waals surface area contributed by atoms with Crippen LogP contribution in [-0.4, -0.2) is 102 Å². The molecule has 1 fully saturated rings. The summed E-state index contributed by atoms with van der Waals surface area (Å²) in [5.74, 6) is -0.398. The van der Waals surface area contributed by atoms with Gasteiger partial charge in [-0.1, -0.05) is 98.8 Å². The second-order valence-electron chi connectivity index (χ2n) is 18.9. The highest BCUT2D eigenvalue weighted by atomic mass is 31.2. The molecule has 1 aliphatic rings. The summed E-state index contributed by atoms with van der Waals surface area (Å²) in [6, 6.07) is 33.9. The van der Waals surface area contributed by atoms with Gasteiger partial charge in [0.05, 0.1) is 39.9 Å². The first-order valence-corrected chi connectivity index (χ1v) is 25.9. The minimum Gasteiger partial charge on any atom is -0.497 e. The van der Waals surface area contributed by atoms with Crippen molar-refractivity contribution >= 4 is 26.4 Å². The van der Waals surface area contributed by atoms with Gasteiger partial charge in [-0.05, 0) is 86.6 Å². The van der Waals surface area contributed by atoms with Gasteiger partial charge in [0.25, 0.3) is 14.1 Å². The average molecular weight is 1050 g/mol. The number of amides is 3. The van der Waals surface area contributed by atoms with Gasteiger partial charge < -0.3 is 49.1 Å². The lowest BCUT2D eigenvalue weighted by Gasteiger charge is -2.39. The fourth-order valence-corrected chi connectivity index (χ4v) is 10.7. The zero-order valence-corrected chi connectivity index (χ0v) is 44.4. The Morgan fingerprint density at radius 1 is 0.800 bits per heavy atom. The monoisotopic (exact) mass is 1050 g/mol. The Morgan fingerprint density at radius 2 is 1.37 bits per heavy atom. The van der Waals surface area contributed by atoms with Gasteiger partial charge in [0.15, 0.2) is 12.3 Å². The maximum Gasteiger partial charge on any atom is 0.408 e. The van der Waals surface area contributed by atoms with E-state index in [0.29, 0.717) is 22.6 Å². The zero-order valence-electron chi connectivity index (χ0n) is 43.5. The highest BCUT2D eigenvalue weighted by molar-refractivity contribution is 7.44. The molecule has 1 saturated heterocycles. The molecule has 0 spiro atoms. The maximum atomic E-state index is 14.6. The predicted molar refractivity (Wildman–Crippen MR) is 282 cm³/mol. The molecule has 400 valence electrons. The van der Waals surface area contributed by atoms with Crippen LogP contribution in [0.3, 0.4) is 0 Å². The number of rotatable bonds is 26. The van der Waals surface area contributed by atoms with Crippen LogP contribution in [0.5, 0.6) is 11.5 Å². The molecule has 4 aromatic carbocycles. The molecule has 1 aliphatic heterocycles. The number of hydrogen-bond acceptors (Lipinski definition) is 14. The van der Waals surface area contributed by atoms with E-state index in [1.807, 2.05) is 131 Å². The standard InChI is InChI=1S/C55H68N7O12P/c1-35(2)32-45(51(65)58-44(50(57)64)33-38-16-11-9-12-17-38)59-54(67)73-49-48(74-75(71-31-15-29-56)62(36(3)4)37(5)6)46(72-52(49)61-30-28-47(63)60-53(61)66)34-70-55(39-18-13-10-14-19-39,40-20-24-42(68-7)25-21-40)41-22-26-43(69-8)27-23-41/h9-14,16-28,30,35-37,44-46,48-49,52H,15,31-34H2,1-8H3,(H2,57,64)(H,58,65)(H,59,67)(H,60,63,66)/t44-,45-,46+,48+,49+,52+,75?/m0/s1. The van der Waals surface area contributed by atoms with Gasteiger partial charge in [-0.15, -0.1) is 0 Å². The molecule has 19 nitrogen and oxygen atoms in total. The number of nitriles is 1. The van der Waals surface area contributed by atoms with Crippen LogP contribution in [0.15, 0.2) is 131 Å². The van der Waals surface area contributed by atoms with Gasteiger partial charge >= 0.3 is 11.8 Å². The van der Waals surface area contributed by atoms with Crippen molar-refractivity contribution in [3.63, 3.8) is 0 Å². The van der Waals surface area contributed by atoms with Gasteiger partial charge in [0.2, 0.25) is 11.8 Å². The van der Waals surface area contributed by atoms with Crippen molar-refractivity contribution in [3.05, 3.63) is 165 Å².